The molecule has 1 amide bonds. The Bertz CT molecular complexity index is 714. The minimum atomic E-state index is -1.09. The molecule has 0 aromatic heterocycles. The van der Waals surface area contributed by atoms with Gasteiger partial charge in [-0.2, -0.15) is 0 Å². The smallest absolute Gasteiger partial charge is 0.335 e. The zero-order chi connectivity index (χ0) is 15.6. The Morgan fingerprint density at radius 3 is 2.29 bits per heavy atom. The van der Waals surface area contributed by atoms with Gasteiger partial charge in [0.15, 0.2) is 0 Å². The molecule has 2 rings (SSSR count). The molecule has 0 aliphatic carbocycles. The zero-order valence-electron chi connectivity index (χ0n) is 10.4. The van der Waals surface area contributed by atoms with Crippen molar-refractivity contribution < 1.29 is 14.7 Å². The molecule has 0 saturated carbocycles. The first-order valence-electron chi connectivity index (χ1n) is 5.68. The lowest BCUT2D eigenvalue weighted by Crippen LogP contribution is -2.14. The monoisotopic (exact) mass is 387 g/mol. The molecule has 0 fully saturated rings. The number of amides is 1. The van der Waals surface area contributed by atoms with Crippen molar-refractivity contribution in [1.82, 2.24) is 0 Å². The van der Waals surface area contributed by atoms with E-state index in [0.717, 1.165) is 0 Å². The number of nitrogens with one attached hydrogen (secondary N) is 1. The first-order chi connectivity index (χ1) is 9.90. The summed E-state index contributed by atoms with van der Waals surface area (Å²) in [5, 5.41) is 12.0. The molecule has 0 spiro atoms. The maximum Gasteiger partial charge on any atom is 0.335 e. The topological polar surface area (TPSA) is 66.4 Å². The van der Waals surface area contributed by atoms with E-state index in [0.29, 0.717) is 10.2 Å². The molecular formula is C14H8BrCl2NO3. The van der Waals surface area contributed by atoms with Gasteiger partial charge >= 0.3 is 5.97 Å². The van der Waals surface area contributed by atoms with Crippen molar-refractivity contribution in [3.8, 4) is 0 Å². The van der Waals surface area contributed by atoms with Crippen LogP contribution in [0.1, 0.15) is 20.7 Å². The van der Waals surface area contributed by atoms with Crippen LogP contribution in [-0.2, 0) is 0 Å². The molecule has 0 saturated heterocycles. The number of hydrogen-bond acceptors (Lipinski definition) is 2. The van der Waals surface area contributed by atoms with Crippen molar-refractivity contribution in [3.05, 3.63) is 62.0 Å². The molecule has 0 aliphatic rings. The number of carbonyl (C=O) groups is 2. The Labute approximate surface area is 138 Å². The summed E-state index contributed by atoms with van der Waals surface area (Å²) in [7, 11) is 0. The number of carboxylic acids is 1. The number of carbonyl (C=O) groups excluding carboxylic acids is 1. The van der Waals surface area contributed by atoms with E-state index < -0.39 is 11.9 Å². The van der Waals surface area contributed by atoms with E-state index >= 15 is 0 Å². The molecule has 2 aromatic rings. The molecule has 0 bridgehead atoms. The number of hydrogen-bond donors (Lipinski definition) is 2. The molecule has 2 aromatic carbocycles. The van der Waals surface area contributed by atoms with Gasteiger partial charge in [-0.15, -0.1) is 0 Å². The van der Waals surface area contributed by atoms with Gasteiger partial charge in [0.1, 0.15) is 0 Å². The number of benzene rings is 2. The summed E-state index contributed by atoms with van der Waals surface area (Å²) < 4.78 is 0.545. The van der Waals surface area contributed by atoms with E-state index in [1.165, 1.54) is 18.2 Å². The molecule has 2 N–H and O–H groups in total. The van der Waals surface area contributed by atoms with Gasteiger partial charge in [0.2, 0.25) is 0 Å². The standard InChI is InChI=1S/C14H8BrCl2NO3/c15-8-5-4-7(14(20)21)6-11(8)18-13(19)12-9(16)2-1-3-10(12)17/h1-6H,(H,18,19)(H,20,21). The minimum Gasteiger partial charge on any atom is -0.478 e. The van der Waals surface area contributed by atoms with Crippen molar-refractivity contribution in [2.75, 3.05) is 5.32 Å². The fourth-order valence-electron chi connectivity index (χ4n) is 1.65. The van der Waals surface area contributed by atoms with Crippen LogP contribution in [0.3, 0.4) is 0 Å². The molecule has 0 heterocycles. The van der Waals surface area contributed by atoms with Crippen LogP contribution in [0.15, 0.2) is 40.9 Å². The van der Waals surface area contributed by atoms with Crippen LogP contribution in [-0.4, -0.2) is 17.0 Å². The summed E-state index contributed by atoms with van der Waals surface area (Å²) in [6.07, 6.45) is 0. The number of carboxylic acid groups (broad SMARTS) is 1. The fourth-order valence-corrected chi connectivity index (χ4v) is 2.57. The predicted molar refractivity (Wildman–Crippen MR) is 85.5 cm³/mol. The Hall–Kier alpha value is -1.56. The van der Waals surface area contributed by atoms with Crippen LogP contribution < -0.4 is 5.32 Å². The fraction of sp³-hybridized carbons (Fsp3) is 0. The largest absolute Gasteiger partial charge is 0.478 e. The highest BCUT2D eigenvalue weighted by molar-refractivity contribution is 9.10. The average molecular weight is 389 g/mol. The van der Waals surface area contributed by atoms with E-state index in [2.05, 4.69) is 21.2 Å². The lowest BCUT2D eigenvalue weighted by atomic mass is 10.1. The minimum absolute atomic E-state index is 0.0544. The molecule has 21 heavy (non-hydrogen) atoms. The number of aromatic carboxylic acids is 1. The summed E-state index contributed by atoms with van der Waals surface area (Å²) >= 11 is 15.2. The van der Waals surface area contributed by atoms with Crippen molar-refractivity contribution in [1.29, 1.82) is 0 Å². The third-order valence-corrected chi connectivity index (χ3v) is 3.97. The third-order valence-electron chi connectivity index (χ3n) is 2.65. The Morgan fingerprint density at radius 2 is 1.71 bits per heavy atom. The summed E-state index contributed by atoms with van der Waals surface area (Å²) in [4.78, 5) is 23.2. The Kier molecular flexibility index (Phi) is 4.88. The van der Waals surface area contributed by atoms with Gasteiger partial charge in [-0.3, -0.25) is 4.79 Å². The summed E-state index contributed by atoms with van der Waals surface area (Å²) in [6.45, 7) is 0. The van der Waals surface area contributed by atoms with E-state index in [1.54, 1.807) is 18.2 Å². The maximum atomic E-state index is 12.2. The lowest BCUT2D eigenvalue weighted by molar-refractivity contribution is 0.0696. The molecule has 4 nitrogen and oxygen atoms in total. The van der Waals surface area contributed by atoms with Crippen LogP contribution in [0.2, 0.25) is 10.0 Å². The van der Waals surface area contributed by atoms with E-state index in [9.17, 15) is 9.59 Å². The van der Waals surface area contributed by atoms with Crippen LogP contribution in [0.5, 0.6) is 0 Å². The third kappa shape index (κ3) is 3.56. The van der Waals surface area contributed by atoms with Crippen molar-refractivity contribution >= 4 is 56.7 Å². The number of rotatable bonds is 3. The summed E-state index contributed by atoms with van der Waals surface area (Å²) in [5.74, 6) is -1.61. The molecule has 0 atom stereocenters. The number of anilines is 1. The second-order valence-electron chi connectivity index (χ2n) is 4.05. The molecule has 108 valence electrons. The van der Waals surface area contributed by atoms with Gasteiger partial charge in [0.25, 0.3) is 5.91 Å². The van der Waals surface area contributed by atoms with Gasteiger partial charge in [0, 0.05) is 4.47 Å². The van der Waals surface area contributed by atoms with Crippen molar-refractivity contribution in [2.45, 2.75) is 0 Å². The highest BCUT2D eigenvalue weighted by Gasteiger charge is 2.16. The SMILES string of the molecule is O=C(O)c1ccc(Br)c(NC(=O)c2c(Cl)cccc2Cl)c1. The Morgan fingerprint density at radius 1 is 1.10 bits per heavy atom. The first-order valence-corrected chi connectivity index (χ1v) is 7.23. The van der Waals surface area contributed by atoms with Crippen LogP contribution in [0.4, 0.5) is 5.69 Å². The molecular weight excluding hydrogens is 381 g/mol. The highest BCUT2D eigenvalue weighted by Crippen LogP contribution is 2.28. The normalized spacial score (nSPS) is 10.2. The average Bonchev–Trinajstić information content (AvgIpc) is 2.40. The van der Waals surface area contributed by atoms with E-state index in [-0.39, 0.29) is 21.2 Å². The quantitative estimate of drug-likeness (QED) is 0.800. The molecule has 0 radical (unpaired) electrons. The van der Waals surface area contributed by atoms with Crippen LogP contribution in [0.25, 0.3) is 0 Å². The van der Waals surface area contributed by atoms with Gasteiger partial charge in [-0.25, -0.2) is 4.79 Å². The molecule has 7 heteroatoms. The first kappa shape index (κ1) is 15.8. The molecule has 0 aliphatic heterocycles. The summed E-state index contributed by atoms with van der Waals surface area (Å²) in [6, 6.07) is 9.02. The second-order valence-corrected chi connectivity index (χ2v) is 5.72. The van der Waals surface area contributed by atoms with Gasteiger partial charge in [-0.1, -0.05) is 29.3 Å². The predicted octanol–water partition coefficient (Wildman–Crippen LogP) is 4.71. The van der Waals surface area contributed by atoms with E-state index in [4.69, 9.17) is 28.3 Å². The lowest BCUT2D eigenvalue weighted by Gasteiger charge is -2.10. The van der Waals surface area contributed by atoms with Gasteiger partial charge in [0.05, 0.1) is 26.9 Å². The summed E-state index contributed by atoms with van der Waals surface area (Å²) in [5.41, 5.74) is 0.503. The van der Waals surface area contributed by atoms with Crippen LogP contribution in [0, 0.1) is 0 Å². The van der Waals surface area contributed by atoms with Crippen molar-refractivity contribution in [2.24, 2.45) is 0 Å². The van der Waals surface area contributed by atoms with Crippen molar-refractivity contribution in [3.63, 3.8) is 0 Å². The Balaban J connectivity index is 2.36. The van der Waals surface area contributed by atoms with Crippen LogP contribution >= 0.6 is 39.1 Å². The molecule has 0 unspecified atom stereocenters. The highest BCUT2D eigenvalue weighted by atomic mass is 79.9. The van der Waals surface area contributed by atoms with E-state index in [1.807, 2.05) is 0 Å². The van der Waals surface area contributed by atoms with Gasteiger partial charge < -0.3 is 10.4 Å². The second kappa shape index (κ2) is 6.47. The van der Waals surface area contributed by atoms with Gasteiger partial charge in [-0.05, 0) is 46.3 Å². The maximum absolute atomic E-state index is 12.2. The zero-order valence-corrected chi connectivity index (χ0v) is 13.5. The number of halogens is 3.